The first-order chi connectivity index (χ1) is 7.53. The van der Waals surface area contributed by atoms with Crippen molar-refractivity contribution in [3.8, 4) is 0 Å². The maximum absolute atomic E-state index is 12.4. The largest absolute Gasteiger partial charge is 0.390 e. The second-order valence-electron chi connectivity index (χ2n) is 4.35. The first-order valence-electron chi connectivity index (χ1n) is 6.02. The van der Waals surface area contributed by atoms with Crippen LogP contribution in [0.5, 0.6) is 0 Å². The van der Waals surface area contributed by atoms with E-state index in [-0.39, 0.29) is 0 Å². The lowest BCUT2D eigenvalue weighted by atomic mass is 9.92. The number of halogens is 3. The van der Waals surface area contributed by atoms with Crippen LogP contribution in [0.3, 0.4) is 0 Å². The molecule has 0 aromatic rings. The summed E-state index contributed by atoms with van der Waals surface area (Å²) in [6, 6.07) is -0.500. The Morgan fingerprint density at radius 3 is 2.62 bits per heavy atom. The smallest absolute Gasteiger partial charge is 0.310 e. The molecule has 1 unspecified atom stereocenters. The Bertz CT molecular complexity index is 233. The van der Waals surface area contributed by atoms with Gasteiger partial charge in [0.1, 0.15) is 0 Å². The molecule has 1 atom stereocenters. The van der Waals surface area contributed by atoms with Crippen LogP contribution in [0.4, 0.5) is 13.2 Å². The van der Waals surface area contributed by atoms with Gasteiger partial charge in [0.05, 0.1) is 6.42 Å². The molecule has 16 heavy (non-hydrogen) atoms. The highest BCUT2D eigenvalue weighted by Gasteiger charge is 2.33. The molecule has 1 nitrogen and oxygen atoms in total. The van der Waals surface area contributed by atoms with Crippen molar-refractivity contribution in [2.45, 2.75) is 57.7 Å². The van der Waals surface area contributed by atoms with Crippen molar-refractivity contribution in [3.63, 3.8) is 0 Å². The zero-order chi connectivity index (χ0) is 12.0. The number of hydrogen-bond acceptors (Lipinski definition) is 1. The molecule has 0 bridgehead atoms. The number of nitrogens with one attached hydrogen (secondary N) is 1. The van der Waals surface area contributed by atoms with E-state index >= 15 is 0 Å². The van der Waals surface area contributed by atoms with Crippen molar-refractivity contribution in [2.75, 3.05) is 6.54 Å². The molecule has 0 radical (unpaired) electrons. The van der Waals surface area contributed by atoms with Gasteiger partial charge in [0.15, 0.2) is 0 Å². The minimum absolute atomic E-state index is 0.500. The van der Waals surface area contributed by atoms with E-state index < -0.39 is 18.6 Å². The Kier molecular flexibility index (Phi) is 5.32. The fourth-order valence-electron chi connectivity index (χ4n) is 2.06. The lowest BCUT2D eigenvalue weighted by molar-refractivity contribution is -0.138. The summed E-state index contributed by atoms with van der Waals surface area (Å²) in [4.78, 5) is 0. The molecule has 0 aromatic carbocycles. The standard InChI is InChI=1S/C12H20F3N/c1-2-8-16-11(9-12(13,14)15)10-6-4-3-5-7-10/h6,11,16H,2-5,7-9H2,1H3. The number of rotatable bonds is 5. The van der Waals surface area contributed by atoms with E-state index in [1.54, 1.807) is 0 Å². The minimum Gasteiger partial charge on any atom is -0.310 e. The molecule has 0 saturated carbocycles. The lowest BCUT2D eigenvalue weighted by Crippen LogP contribution is -2.36. The highest BCUT2D eigenvalue weighted by atomic mass is 19.4. The van der Waals surface area contributed by atoms with E-state index in [2.05, 4.69) is 5.32 Å². The van der Waals surface area contributed by atoms with Crippen LogP contribution < -0.4 is 5.32 Å². The lowest BCUT2D eigenvalue weighted by Gasteiger charge is -2.25. The molecule has 0 heterocycles. The van der Waals surface area contributed by atoms with Gasteiger partial charge in [-0.1, -0.05) is 18.6 Å². The predicted octanol–water partition coefficient (Wildman–Crippen LogP) is 3.81. The summed E-state index contributed by atoms with van der Waals surface area (Å²) in [5.41, 5.74) is 0.956. The van der Waals surface area contributed by atoms with Gasteiger partial charge in [0.25, 0.3) is 0 Å². The molecular weight excluding hydrogens is 215 g/mol. The summed E-state index contributed by atoms with van der Waals surface area (Å²) < 4.78 is 37.3. The van der Waals surface area contributed by atoms with Gasteiger partial charge in [-0.05, 0) is 38.6 Å². The number of allylic oxidation sites excluding steroid dienone is 1. The van der Waals surface area contributed by atoms with Gasteiger partial charge in [-0.2, -0.15) is 13.2 Å². The molecule has 0 aliphatic heterocycles. The second-order valence-corrected chi connectivity index (χ2v) is 4.35. The van der Waals surface area contributed by atoms with Crippen LogP contribution in [-0.2, 0) is 0 Å². The Morgan fingerprint density at radius 2 is 2.12 bits per heavy atom. The van der Waals surface area contributed by atoms with Crippen LogP contribution in [0, 0.1) is 0 Å². The highest BCUT2D eigenvalue weighted by Crippen LogP contribution is 2.28. The van der Waals surface area contributed by atoms with Gasteiger partial charge >= 0.3 is 6.18 Å². The zero-order valence-electron chi connectivity index (χ0n) is 9.74. The third-order valence-electron chi connectivity index (χ3n) is 2.85. The van der Waals surface area contributed by atoms with Crippen LogP contribution in [0.1, 0.15) is 45.4 Å². The van der Waals surface area contributed by atoms with Crippen LogP contribution in [0.15, 0.2) is 11.6 Å². The fraction of sp³-hybridized carbons (Fsp3) is 0.833. The molecule has 94 valence electrons. The predicted molar refractivity (Wildman–Crippen MR) is 59.3 cm³/mol. The Hall–Kier alpha value is -0.510. The van der Waals surface area contributed by atoms with Crippen molar-refractivity contribution >= 4 is 0 Å². The quantitative estimate of drug-likeness (QED) is 0.714. The molecule has 0 spiro atoms. The summed E-state index contributed by atoms with van der Waals surface area (Å²) >= 11 is 0. The van der Waals surface area contributed by atoms with E-state index in [1.165, 1.54) is 0 Å². The van der Waals surface area contributed by atoms with E-state index in [0.717, 1.165) is 37.7 Å². The normalized spacial score (nSPS) is 19.4. The van der Waals surface area contributed by atoms with Gasteiger partial charge in [0, 0.05) is 6.04 Å². The summed E-state index contributed by atoms with van der Waals surface area (Å²) in [5.74, 6) is 0. The van der Waals surface area contributed by atoms with E-state index in [1.807, 2.05) is 13.0 Å². The maximum Gasteiger partial charge on any atom is 0.390 e. The molecule has 4 heteroatoms. The molecule has 0 amide bonds. The second kappa shape index (κ2) is 6.28. The molecular formula is C12H20F3N. The van der Waals surface area contributed by atoms with Gasteiger partial charge in [0.2, 0.25) is 0 Å². The fourth-order valence-corrected chi connectivity index (χ4v) is 2.06. The van der Waals surface area contributed by atoms with E-state index in [0.29, 0.717) is 6.54 Å². The molecule has 1 aliphatic rings. The Balaban J connectivity index is 2.58. The topological polar surface area (TPSA) is 12.0 Å². The summed E-state index contributed by atoms with van der Waals surface area (Å²) in [6.45, 7) is 2.62. The van der Waals surface area contributed by atoms with Gasteiger partial charge < -0.3 is 5.32 Å². The minimum atomic E-state index is -4.08. The SMILES string of the molecule is CCCNC(CC(F)(F)F)C1=CCCCC1. The number of hydrogen-bond donors (Lipinski definition) is 1. The van der Waals surface area contributed by atoms with Gasteiger partial charge in [-0.15, -0.1) is 0 Å². The molecule has 1 aliphatic carbocycles. The Labute approximate surface area is 95.1 Å². The van der Waals surface area contributed by atoms with Crippen LogP contribution in [0.2, 0.25) is 0 Å². The summed E-state index contributed by atoms with van der Waals surface area (Å²) in [7, 11) is 0. The van der Waals surface area contributed by atoms with E-state index in [4.69, 9.17) is 0 Å². The first-order valence-corrected chi connectivity index (χ1v) is 6.02. The monoisotopic (exact) mass is 235 g/mol. The van der Waals surface area contributed by atoms with E-state index in [9.17, 15) is 13.2 Å². The van der Waals surface area contributed by atoms with Crippen molar-refractivity contribution in [1.29, 1.82) is 0 Å². The maximum atomic E-state index is 12.4. The van der Waals surface area contributed by atoms with Gasteiger partial charge in [-0.3, -0.25) is 0 Å². The van der Waals surface area contributed by atoms with Crippen LogP contribution >= 0.6 is 0 Å². The highest BCUT2D eigenvalue weighted by molar-refractivity contribution is 5.13. The van der Waals surface area contributed by atoms with Crippen LogP contribution in [-0.4, -0.2) is 18.8 Å². The Morgan fingerprint density at radius 1 is 1.38 bits per heavy atom. The zero-order valence-corrected chi connectivity index (χ0v) is 9.74. The molecule has 1 rings (SSSR count). The van der Waals surface area contributed by atoms with Crippen molar-refractivity contribution < 1.29 is 13.2 Å². The average Bonchev–Trinajstić information content (AvgIpc) is 2.24. The molecule has 0 fully saturated rings. The van der Waals surface area contributed by atoms with Crippen molar-refractivity contribution in [2.24, 2.45) is 0 Å². The average molecular weight is 235 g/mol. The van der Waals surface area contributed by atoms with Crippen molar-refractivity contribution in [3.05, 3.63) is 11.6 Å². The van der Waals surface area contributed by atoms with Gasteiger partial charge in [-0.25, -0.2) is 0 Å². The first kappa shape index (κ1) is 13.6. The van der Waals surface area contributed by atoms with Crippen LogP contribution in [0.25, 0.3) is 0 Å². The molecule has 0 aromatic heterocycles. The number of alkyl halides is 3. The molecule has 1 N–H and O–H groups in total. The third-order valence-corrected chi connectivity index (χ3v) is 2.85. The van der Waals surface area contributed by atoms with Crippen molar-refractivity contribution in [1.82, 2.24) is 5.32 Å². The third kappa shape index (κ3) is 5.01. The molecule has 0 saturated heterocycles. The summed E-state index contributed by atoms with van der Waals surface area (Å²) in [6.07, 6.45) is 1.91. The summed E-state index contributed by atoms with van der Waals surface area (Å²) in [5, 5.41) is 3.01.